The molecule has 0 spiro atoms. The summed E-state index contributed by atoms with van der Waals surface area (Å²) in [4.78, 5) is 17.9. The number of halogens is 1. The van der Waals surface area contributed by atoms with Gasteiger partial charge in [-0.1, -0.05) is 11.6 Å². The Kier molecular flexibility index (Phi) is 5.23. The van der Waals surface area contributed by atoms with Gasteiger partial charge in [0.15, 0.2) is 0 Å². The first-order valence-corrected chi connectivity index (χ1v) is 10.1. The number of hydrogen-bond donors (Lipinski definition) is 3. The molecule has 10 heteroatoms. The number of fused-ring (bicyclic) bond motifs is 1. The van der Waals surface area contributed by atoms with Crippen molar-refractivity contribution in [2.75, 3.05) is 18.4 Å². The fraction of sp³-hybridized carbons (Fsp3) is 0.579. The lowest BCUT2D eigenvalue weighted by Crippen LogP contribution is -2.58. The van der Waals surface area contributed by atoms with Crippen LogP contribution in [0.4, 0.5) is 5.69 Å². The normalized spacial score (nSPS) is 30.8. The zero-order chi connectivity index (χ0) is 20.6. The van der Waals surface area contributed by atoms with E-state index in [0.717, 1.165) is 31.6 Å². The van der Waals surface area contributed by atoms with Crippen LogP contribution < -0.4 is 16.0 Å². The average Bonchev–Trinajstić information content (AvgIpc) is 3.32. The van der Waals surface area contributed by atoms with Gasteiger partial charge in [0.1, 0.15) is 6.17 Å². The summed E-state index contributed by atoms with van der Waals surface area (Å²) in [5, 5.41) is 24.2. The van der Waals surface area contributed by atoms with Crippen LogP contribution in [0.3, 0.4) is 0 Å². The van der Waals surface area contributed by atoms with Crippen LogP contribution in [-0.4, -0.2) is 51.3 Å². The Morgan fingerprint density at radius 3 is 2.76 bits per heavy atom. The van der Waals surface area contributed by atoms with Crippen molar-refractivity contribution in [1.29, 1.82) is 5.26 Å². The van der Waals surface area contributed by atoms with Crippen LogP contribution in [0.2, 0.25) is 0 Å². The highest BCUT2D eigenvalue weighted by molar-refractivity contribution is 6.30. The third kappa shape index (κ3) is 4.09. The SMILES string of the molecule is CC(=O)N1CC2CC(CC#N)(NC3NC(Nc4cnn(C)c4)=NC=C3Cl)CC2C1. The van der Waals surface area contributed by atoms with Gasteiger partial charge in [-0.2, -0.15) is 10.4 Å². The van der Waals surface area contributed by atoms with Crippen molar-refractivity contribution >= 4 is 29.2 Å². The van der Waals surface area contributed by atoms with Crippen molar-refractivity contribution in [3.63, 3.8) is 0 Å². The van der Waals surface area contributed by atoms with E-state index in [9.17, 15) is 10.1 Å². The minimum absolute atomic E-state index is 0.125. The van der Waals surface area contributed by atoms with Crippen LogP contribution in [0, 0.1) is 23.2 Å². The third-order valence-electron chi connectivity index (χ3n) is 6.04. The smallest absolute Gasteiger partial charge is 0.219 e. The van der Waals surface area contributed by atoms with E-state index in [1.54, 1.807) is 24.0 Å². The van der Waals surface area contributed by atoms with E-state index in [4.69, 9.17) is 11.6 Å². The second kappa shape index (κ2) is 7.69. The van der Waals surface area contributed by atoms with Crippen molar-refractivity contribution in [2.24, 2.45) is 23.9 Å². The summed E-state index contributed by atoms with van der Waals surface area (Å²) in [7, 11) is 1.85. The van der Waals surface area contributed by atoms with Gasteiger partial charge in [-0.15, -0.1) is 0 Å². The van der Waals surface area contributed by atoms with E-state index in [1.807, 2.05) is 18.1 Å². The lowest BCUT2D eigenvalue weighted by molar-refractivity contribution is -0.128. The standard InChI is InChI=1S/C19H25ClN8O/c1-12(29)28-9-13-5-19(3-4-21,6-14(13)10-28)26-17-16(20)8-22-18(25-17)24-15-7-23-27(2)11-15/h7-8,11,13-14,17,26H,3,5-6,9-10H2,1-2H3,(H2,22,24,25). The zero-order valence-electron chi connectivity index (χ0n) is 16.5. The number of carbonyl (C=O) groups is 1. The van der Waals surface area contributed by atoms with Crippen LogP contribution in [0.5, 0.6) is 0 Å². The van der Waals surface area contributed by atoms with Crippen LogP contribution in [0.15, 0.2) is 28.6 Å². The number of amides is 1. The molecular weight excluding hydrogens is 392 g/mol. The molecule has 1 amide bonds. The molecule has 3 N–H and O–H groups in total. The van der Waals surface area contributed by atoms with E-state index >= 15 is 0 Å². The van der Waals surface area contributed by atoms with Gasteiger partial charge in [-0.05, 0) is 24.7 Å². The minimum Gasteiger partial charge on any atom is -0.342 e. The van der Waals surface area contributed by atoms with Crippen LogP contribution >= 0.6 is 11.6 Å². The van der Waals surface area contributed by atoms with Gasteiger partial charge in [0.25, 0.3) is 0 Å². The van der Waals surface area contributed by atoms with E-state index in [0.29, 0.717) is 29.2 Å². The first-order valence-electron chi connectivity index (χ1n) is 9.73. The first kappa shape index (κ1) is 19.7. The molecule has 2 aliphatic heterocycles. The molecule has 3 heterocycles. The van der Waals surface area contributed by atoms with Gasteiger partial charge in [0.2, 0.25) is 11.9 Å². The Morgan fingerprint density at radius 1 is 1.45 bits per heavy atom. The van der Waals surface area contributed by atoms with Gasteiger partial charge >= 0.3 is 0 Å². The molecule has 0 radical (unpaired) electrons. The summed E-state index contributed by atoms with van der Waals surface area (Å²) in [5.41, 5.74) is 0.477. The lowest BCUT2D eigenvalue weighted by Gasteiger charge is -2.36. The number of carbonyl (C=O) groups excluding carboxylic acids is 1. The summed E-state index contributed by atoms with van der Waals surface area (Å²) in [5.74, 6) is 1.51. The molecule has 3 atom stereocenters. The molecule has 1 aromatic heterocycles. The number of guanidine groups is 1. The predicted molar refractivity (Wildman–Crippen MR) is 110 cm³/mol. The molecule has 154 valence electrons. The first-order chi connectivity index (χ1) is 13.9. The predicted octanol–water partition coefficient (Wildman–Crippen LogP) is 1.33. The topological polar surface area (TPSA) is 110 Å². The summed E-state index contributed by atoms with van der Waals surface area (Å²) in [6.45, 7) is 3.16. The molecule has 9 nitrogen and oxygen atoms in total. The number of nitrogens with one attached hydrogen (secondary N) is 3. The highest BCUT2D eigenvalue weighted by Gasteiger charge is 2.50. The maximum Gasteiger partial charge on any atom is 0.219 e. The largest absolute Gasteiger partial charge is 0.342 e. The quantitative estimate of drug-likeness (QED) is 0.683. The minimum atomic E-state index is -0.343. The number of aromatic nitrogens is 2. The Bertz CT molecular complexity index is 886. The average molecular weight is 417 g/mol. The number of anilines is 1. The van der Waals surface area contributed by atoms with Crippen molar-refractivity contribution in [3.05, 3.63) is 23.6 Å². The number of likely N-dealkylation sites (tertiary alicyclic amines) is 1. The summed E-state index contributed by atoms with van der Waals surface area (Å²) in [6.07, 6.45) is 6.92. The molecule has 0 bridgehead atoms. The highest BCUT2D eigenvalue weighted by atomic mass is 35.5. The molecule has 3 aliphatic rings. The van der Waals surface area contributed by atoms with Gasteiger partial charge < -0.3 is 15.5 Å². The van der Waals surface area contributed by atoms with Crippen molar-refractivity contribution in [3.8, 4) is 6.07 Å². The molecule has 4 rings (SSSR count). The molecule has 0 aromatic carbocycles. The molecule has 2 fully saturated rings. The number of rotatable bonds is 4. The summed E-state index contributed by atoms with van der Waals surface area (Å²) < 4.78 is 1.70. The van der Waals surface area contributed by atoms with Crippen molar-refractivity contribution in [2.45, 2.75) is 37.9 Å². The number of hydrogen-bond acceptors (Lipinski definition) is 7. The van der Waals surface area contributed by atoms with Gasteiger partial charge in [0, 0.05) is 45.0 Å². The Hall–Kier alpha value is -2.57. The third-order valence-corrected chi connectivity index (χ3v) is 6.35. The fourth-order valence-corrected chi connectivity index (χ4v) is 4.91. The van der Waals surface area contributed by atoms with E-state index in [1.165, 1.54) is 0 Å². The summed E-state index contributed by atoms with van der Waals surface area (Å²) >= 11 is 6.43. The van der Waals surface area contributed by atoms with Crippen LogP contribution in [0.25, 0.3) is 0 Å². The number of nitrogens with zero attached hydrogens (tertiary/aromatic N) is 5. The Labute approximate surface area is 174 Å². The van der Waals surface area contributed by atoms with Crippen molar-refractivity contribution < 1.29 is 4.79 Å². The second-order valence-electron chi connectivity index (χ2n) is 8.21. The molecule has 29 heavy (non-hydrogen) atoms. The molecule has 1 aromatic rings. The molecule has 1 saturated carbocycles. The highest BCUT2D eigenvalue weighted by Crippen LogP contribution is 2.45. The maximum atomic E-state index is 11.7. The van der Waals surface area contributed by atoms with Gasteiger partial charge in [-0.3, -0.25) is 14.8 Å². The number of nitriles is 1. The van der Waals surface area contributed by atoms with E-state index in [-0.39, 0.29) is 17.6 Å². The number of aliphatic imine (C=N–C) groups is 1. The maximum absolute atomic E-state index is 11.7. The van der Waals surface area contributed by atoms with Crippen LogP contribution in [0.1, 0.15) is 26.2 Å². The fourth-order valence-electron chi connectivity index (χ4n) is 4.76. The zero-order valence-corrected chi connectivity index (χ0v) is 17.3. The molecule has 1 aliphatic carbocycles. The molecule has 1 saturated heterocycles. The summed E-state index contributed by atoms with van der Waals surface area (Å²) in [6, 6.07) is 2.34. The van der Waals surface area contributed by atoms with E-state index in [2.05, 4.69) is 32.1 Å². The van der Waals surface area contributed by atoms with Crippen molar-refractivity contribution in [1.82, 2.24) is 25.3 Å². The Balaban J connectivity index is 1.44. The van der Waals surface area contributed by atoms with Gasteiger partial charge in [-0.25, -0.2) is 4.99 Å². The monoisotopic (exact) mass is 416 g/mol. The van der Waals surface area contributed by atoms with E-state index < -0.39 is 0 Å². The number of aryl methyl sites for hydroxylation is 1. The molecular formula is C19H25ClN8O. The second-order valence-corrected chi connectivity index (χ2v) is 8.65. The van der Waals surface area contributed by atoms with Crippen LogP contribution in [-0.2, 0) is 11.8 Å². The Morgan fingerprint density at radius 2 is 2.17 bits per heavy atom. The lowest BCUT2D eigenvalue weighted by atomic mass is 9.91. The molecule has 3 unspecified atom stereocenters. The van der Waals surface area contributed by atoms with Gasteiger partial charge in [0.05, 0.1) is 29.4 Å².